The minimum Gasteiger partial charge on any atom is -0.478 e. The van der Waals surface area contributed by atoms with Gasteiger partial charge in [0, 0.05) is 24.2 Å². The number of thioether (sulfide) groups is 1. The molecule has 2 aromatic carbocycles. The standard InChI is InChI=1S/C23H28FNO5S2/c1-3-4-8-16-15-25(17-9-6-5-7-10-17)18-13-20(31-2)19(30-12-11-22(26)27)14-21(18)32(28,29)23(16)24/h5-7,9-14,16,23,28-29H,3-4,8,15H2,1-2H3,(H,26,27)/b12-11+/t16-,23-/m0/s1. The molecule has 0 saturated carbocycles. The van der Waals surface area contributed by atoms with Gasteiger partial charge in [-0.25, -0.2) is 9.18 Å². The van der Waals surface area contributed by atoms with E-state index < -0.39 is 28.0 Å². The molecule has 0 spiro atoms. The molecule has 1 aliphatic heterocycles. The van der Waals surface area contributed by atoms with Crippen LogP contribution in [0.3, 0.4) is 0 Å². The van der Waals surface area contributed by atoms with Crippen LogP contribution in [0, 0.1) is 5.92 Å². The largest absolute Gasteiger partial charge is 0.478 e. The van der Waals surface area contributed by atoms with Crippen LogP contribution >= 0.6 is 22.4 Å². The third-order valence-electron chi connectivity index (χ3n) is 5.36. The SMILES string of the molecule is CCCC[C@H]1CN(c2ccccc2)c2cc(SC)c(O/C=C/C(=O)O)cc2S(O)(O)[C@@H]1F. The zero-order valence-corrected chi connectivity index (χ0v) is 19.6. The highest BCUT2D eigenvalue weighted by Crippen LogP contribution is 2.63. The van der Waals surface area contributed by atoms with Gasteiger partial charge in [0.05, 0.1) is 27.8 Å². The number of carbonyl (C=O) groups is 1. The Bertz CT molecular complexity index is 970. The minimum atomic E-state index is -3.80. The number of halogens is 1. The second-order valence-corrected chi connectivity index (χ2v) is 10.4. The molecule has 1 heterocycles. The Morgan fingerprint density at radius 3 is 2.66 bits per heavy atom. The van der Waals surface area contributed by atoms with E-state index in [1.54, 1.807) is 6.07 Å². The van der Waals surface area contributed by atoms with E-state index in [1.807, 2.05) is 48.4 Å². The summed E-state index contributed by atoms with van der Waals surface area (Å²) in [7, 11) is -3.80. The summed E-state index contributed by atoms with van der Waals surface area (Å²) in [6, 6.07) is 12.6. The lowest BCUT2D eigenvalue weighted by Crippen LogP contribution is -2.30. The van der Waals surface area contributed by atoms with Gasteiger partial charge in [0.2, 0.25) is 0 Å². The predicted molar refractivity (Wildman–Crippen MR) is 128 cm³/mol. The highest BCUT2D eigenvalue weighted by molar-refractivity contribution is 8.24. The summed E-state index contributed by atoms with van der Waals surface area (Å²) in [5.41, 5.74) is -0.494. The van der Waals surface area contributed by atoms with Gasteiger partial charge in [0.15, 0.2) is 5.50 Å². The summed E-state index contributed by atoms with van der Waals surface area (Å²) >= 11 is 1.37. The topological polar surface area (TPSA) is 90.2 Å². The Labute approximate surface area is 193 Å². The van der Waals surface area contributed by atoms with Crippen molar-refractivity contribution in [1.29, 1.82) is 0 Å². The first-order chi connectivity index (χ1) is 15.3. The molecule has 2 aromatic rings. The molecule has 0 amide bonds. The summed E-state index contributed by atoms with van der Waals surface area (Å²) in [5, 5.41) is 8.82. The van der Waals surface area contributed by atoms with E-state index in [9.17, 15) is 13.9 Å². The van der Waals surface area contributed by atoms with E-state index in [2.05, 4.69) is 0 Å². The molecule has 0 unspecified atom stereocenters. The summed E-state index contributed by atoms with van der Waals surface area (Å²) in [6.07, 6.45) is 5.88. The number of rotatable bonds is 8. The van der Waals surface area contributed by atoms with Crippen molar-refractivity contribution >= 4 is 39.7 Å². The third kappa shape index (κ3) is 5.23. The van der Waals surface area contributed by atoms with Crippen molar-refractivity contribution in [2.24, 2.45) is 5.92 Å². The van der Waals surface area contributed by atoms with Crippen LogP contribution in [-0.2, 0) is 4.79 Å². The molecule has 6 nitrogen and oxygen atoms in total. The molecule has 0 aromatic heterocycles. The van der Waals surface area contributed by atoms with Gasteiger partial charge in [0.1, 0.15) is 5.75 Å². The van der Waals surface area contributed by atoms with Crippen LogP contribution in [0.5, 0.6) is 5.75 Å². The Kier molecular flexibility index (Phi) is 8.10. The number of ether oxygens (including phenoxy) is 1. The molecule has 3 N–H and O–H groups in total. The number of anilines is 2. The lowest BCUT2D eigenvalue weighted by molar-refractivity contribution is -0.131. The van der Waals surface area contributed by atoms with Crippen molar-refractivity contribution in [1.82, 2.24) is 0 Å². The lowest BCUT2D eigenvalue weighted by Gasteiger charge is -2.37. The van der Waals surface area contributed by atoms with Gasteiger partial charge in [0.25, 0.3) is 0 Å². The summed E-state index contributed by atoms with van der Waals surface area (Å²) < 4.78 is 43.2. The summed E-state index contributed by atoms with van der Waals surface area (Å²) in [6.45, 7) is 2.33. The van der Waals surface area contributed by atoms with Gasteiger partial charge < -0.3 is 14.7 Å². The van der Waals surface area contributed by atoms with Gasteiger partial charge >= 0.3 is 5.97 Å². The molecule has 9 heteroatoms. The molecule has 3 rings (SSSR count). The van der Waals surface area contributed by atoms with Crippen LogP contribution in [0.4, 0.5) is 15.8 Å². The number of nitrogens with zero attached hydrogens (tertiary/aromatic N) is 1. The zero-order valence-electron chi connectivity index (χ0n) is 18.0. The highest BCUT2D eigenvalue weighted by Gasteiger charge is 2.42. The number of hydrogen-bond donors (Lipinski definition) is 3. The van der Waals surface area contributed by atoms with Gasteiger partial charge in [-0.15, -0.1) is 22.4 Å². The normalized spacial score (nSPS) is 21.1. The van der Waals surface area contributed by atoms with Crippen molar-refractivity contribution < 1.29 is 28.1 Å². The Morgan fingerprint density at radius 2 is 2.03 bits per heavy atom. The Hall–Kier alpha value is -2.20. The number of carboxylic acid groups (broad SMARTS) is 1. The Morgan fingerprint density at radius 1 is 1.31 bits per heavy atom. The van der Waals surface area contributed by atoms with Crippen LogP contribution in [0.15, 0.2) is 64.6 Å². The molecule has 0 aliphatic carbocycles. The molecule has 32 heavy (non-hydrogen) atoms. The fourth-order valence-electron chi connectivity index (χ4n) is 3.75. The maximum absolute atomic E-state index is 15.6. The molecule has 0 radical (unpaired) electrons. The minimum absolute atomic E-state index is 0.0596. The van der Waals surface area contributed by atoms with Crippen LogP contribution in [-0.4, -0.2) is 38.5 Å². The van der Waals surface area contributed by atoms with Crippen LogP contribution in [0.2, 0.25) is 0 Å². The van der Waals surface area contributed by atoms with Gasteiger partial charge in [-0.2, -0.15) is 0 Å². The Balaban J connectivity index is 2.17. The monoisotopic (exact) mass is 481 g/mol. The van der Waals surface area contributed by atoms with E-state index in [4.69, 9.17) is 9.84 Å². The maximum Gasteiger partial charge on any atom is 0.331 e. The molecule has 1 aliphatic rings. The zero-order chi connectivity index (χ0) is 23.3. The summed E-state index contributed by atoms with van der Waals surface area (Å²) in [5.74, 6) is -1.50. The highest BCUT2D eigenvalue weighted by atomic mass is 32.3. The van der Waals surface area contributed by atoms with E-state index in [-0.39, 0.29) is 10.6 Å². The number of carboxylic acids is 1. The average molecular weight is 482 g/mol. The first kappa shape index (κ1) is 24.4. The van der Waals surface area contributed by atoms with E-state index >= 15 is 4.39 Å². The van der Waals surface area contributed by atoms with Gasteiger partial charge in [-0.3, -0.25) is 9.11 Å². The molecular formula is C23H28FNO5S2. The predicted octanol–water partition coefficient (Wildman–Crippen LogP) is 6.75. The number of unbranched alkanes of at least 4 members (excludes halogenated alkanes) is 1. The first-order valence-electron chi connectivity index (χ1n) is 10.3. The first-order valence-corrected chi connectivity index (χ1v) is 13.1. The number of fused-ring (bicyclic) bond motifs is 1. The van der Waals surface area contributed by atoms with Crippen molar-refractivity contribution in [3.63, 3.8) is 0 Å². The smallest absolute Gasteiger partial charge is 0.331 e. The molecule has 0 saturated heterocycles. The lowest BCUT2D eigenvalue weighted by atomic mass is 10.0. The number of para-hydroxylation sites is 1. The maximum atomic E-state index is 15.6. The molecule has 2 atom stereocenters. The van der Waals surface area contributed by atoms with E-state index in [0.29, 0.717) is 23.5 Å². The number of alkyl halides is 1. The van der Waals surface area contributed by atoms with Crippen molar-refractivity contribution in [3.8, 4) is 5.75 Å². The molecule has 0 bridgehead atoms. The van der Waals surface area contributed by atoms with E-state index in [1.165, 1.54) is 17.8 Å². The molecule has 174 valence electrons. The number of hydrogen-bond acceptors (Lipinski definition) is 6. The fourth-order valence-corrected chi connectivity index (χ4v) is 6.04. The van der Waals surface area contributed by atoms with Crippen LogP contribution < -0.4 is 9.64 Å². The van der Waals surface area contributed by atoms with Crippen LogP contribution in [0.25, 0.3) is 0 Å². The number of aliphatic carboxylic acids is 1. The second-order valence-electron chi connectivity index (χ2n) is 7.52. The van der Waals surface area contributed by atoms with E-state index in [0.717, 1.165) is 30.9 Å². The van der Waals surface area contributed by atoms with Crippen molar-refractivity contribution in [2.75, 3.05) is 17.7 Å². The number of benzene rings is 2. The molecule has 0 fully saturated rings. The van der Waals surface area contributed by atoms with Crippen molar-refractivity contribution in [3.05, 3.63) is 54.8 Å². The molecular weight excluding hydrogens is 453 g/mol. The summed E-state index contributed by atoms with van der Waals surface area (Å²) in [4.78, 5) is 13.4. The van der Waals surface area contributed by atoms with Crippen LogP contribution in [0.1, 0.15) is 26.2 Å². The van der Waals surface area contributed by atoms with Crippen molar-refractivity contribution in [2.45, 2.75) is 41.5 Å². The second kappa shape index (κ2) is 10.6. The average Bonchev–Trinajstić information content (AvgIpc) is 2.86. The van der Waals surface area contributed by atoms with Gasteiger partial charge in [-0.1, -0.05) is 38.0 Å². The fraction of sp³-hybridized carbons (Fsp3) is 0.348. The van der Waals surface area contributed by atoms with Gasteiger partial charge in [-0.05, 0) is 30.9 Å². The third-order valence-corrected chi connectivity index (χ3v) is 8.11. The quantitative estimate of drug-likeness (QED) is 0.218.